The Balaban J connectivity index is 2.34. The molecule has 17 heavy (non-hydrogen) atoms. The highest BCUT2D eigenvalue weighted by Crippen LogP contribution is 2.27. The van der Waals surface area contributed by atoms with Crippen molar-refractivity contribution < 1.29 is 18.4 Å². The molecule has 2 heterocycles. The van der Waals surface area contributed by atoms with Crippen LogP contribution in [0, 0.1) is 11.3 Å². The van der Waals surface area contributed by atoms with Crippen LogP contribution in [-0.2, 0) is 16.0 Å². The number of hydrogen-bond acceptors (Lipinski definition) is 5. The van der Waals surface area contributed by atoms with Gasteiger partial charge in [0.1, 0.15) is 23.8 Å². The molecule has 0 N–H and O–H groups in total. The molecule has 2 rings (SSSR count). The van der Waals surface area contributed by atoms with Gasteiger partial charge in [-0.1, -0.05) is 0 Å². The number of rotatable bonds is 3. The molecule has 0 amide bonds. The van der Waals surface area contributed by atoms with Crippen LogP contribution in [0.15, 0.2) is 33.3 Å². The average Bonchev–Trinajstić information content (AvgIpc) is 2.96. The molecular formula is C12H9NO4. The molecule has 2 aromatic heterocycles. The third-order valence-electron chi connectivity index (χ3n) is 2.19. The van der Waals surface area contributed by atoms with Crippen molar-refractivity contribution in [3.63, 3.8) is 0 Å². The van der Waals surface area contributed by atoms with Crippen LogP contribution in [0.4, 0.5) is 0 Å². The van der Waals surface area contributed by atoms with E-state index in [1.54, 1.807) is 12.1 Å². The van der Waals surface area contributed by atoms with E-state index in [0.29, 0.717) is 22.8 Å². The Morgan fingerprint density at radius 1 is 1.59 bits per heavy atom. The van der Waals surface area contributed by atoms with Gasteiger partial charge >= 0.3 is 5.97 Å². The molecule has 0 spiro atoms. The maximum atomic E-state index is 11.1. The van der Waals surface area contributed by atoms with E-state index in [4.69, 9.17) is 14.1 Å². The molecule has 0 aliphatic heterocycles. The van der Waals surface area contributed by atoms with Crippen LogP contribution in [0.1, 0.15) is 11.3 Å². The number of ether oxygens (including phenoxy) is 1. The van der Waals surface area contributed by atoms with E-state index in [0.717, 1.165) is 0 Å². The molecule has 2 aromatic rings. The Hall–Kier alpha value is -2.48. The Morgan fingerprint density at radius 3 is 3.00 bits per heavy atom. The largest absolute Gasteiger partial charge is 0.469 e. The topological polar surface area (TPSA) is 76.4 Å². The molecular weight excluding hydrogens is 222 g/mol. The van der Waals surface area contributed by atoms with Crippen molar-refractivity contribution in [1.82, 2.24) is 0 Å². The first kappa shape index (κ1) is 11.0. The minimum atomic E-state index is -0.422. The second-order valence-corrected chi connectivity index (χ2v) is 3.30. The SMILES string of the molecule is COC(=O)Cc1cc(C#N)c(-c2ccco2)o1. The van der Waals surface area contributed by atoms with Crippen LogP contribution in [0.5, 0.6) is 0 Å². The van der Waals surface area contributed by atoms with Crippen molar-refractivity contribution in [2.45, 2.75) is 6.42 Å². The molecule has 0 saturated heterocycles. The molecule has 0 aliphatic rings. The van der Waals surface area contributed by atoms with Gasteiger partial charge in [0.05, 0.1) is 13.4 Å². The number of nitrogens with zero attached hydrogens (tertiary/aromatic N) is 1. The summed E-state index contributed by atoms with van der Waals surface area (Å²) < 4.78 is 15.1. The maximum Gasteiger partial charge on any atom is 0.313 e. The van der Waals surface area contributed by atoms with Crippen molar-refractivity contribution in [3.05, 3.63) is 35.8 Å². The lowest BCUT2D eigenvalue weighted by atomic mass is 10.2. The summed E-state index contributed by atoms with van der Waals surface area (Å²) in [5.41, 5.74) is 0.332. The third-order valence-corrected chi connectivity index (χ3v) is 2.19. The van der Waals surface area contributed by atoms with Gasteiger partial charge in [0.25, 0.3) is 0 Å². The van der Waals surface area contributed by atoms with E-state index in [2.05, 4.69) is 4.74 Å². The summed E-state index contributed by atoms with van der Waals surface area (Å²) in [4.78, 5) is 11.1. The molecule has 0 aromatic carbocycles. The van der Waals surface area contributed by atoms with Gasteiger partial charge in [-0.25, -0.2) is 0 Å². The van der Waals surface area contributed by atoms with Crippen molar-refractivity contribution in [1.29, 1.82) is 5.26 Å². The smallest absolute Gasteiger partial charge is 0.313 e. The van der Waals surface area contributed by atoms with Gasteiger partial charge < -0.3 is 13.6 Å². The molecule has 0 atom stereocenters. The second-order valence-electron chi connectivity index (χ2n) is 3.30. The lowest BCUT2D eigenvalue weighted by Crippen LogP contribution is -2.03. The van der Waals surface area contributed by atoms with Crippen molar-refractivity contribution in [2.75, 3.05) is 7.11 Å². The number of methoxy groups -OCH3 is 1. The molecule has 86 valence electrons. The molecule has 0 radical (unpaired) electrons. The predicted octanol–water partition coefficient (Wildman–Crippen LogP) is 2.13. The lowest BCUT2D eigenvalue weighted by molar-refractivity contribution is -0.140. The third kappa shape index (κ3) is 2.21. The van der Waals surface area contributed by atoms with Gasteiger partial charge in [0.2, 0.25) is 0 Å². The number of carbonyl (C=O) groups is 1. The first-order valence-corrected chi connectivity index (χ1v) is 4.88. The Bertz CT molecular complexity index is 560. The van der Waals surface area contributed by atoms with Crippen molar-refractivity contribution in [2.24, 2.45) is 0 Å². The van der Waals surface area contributed by atoms with E-state index in [1.165, 1.54) is 19.4 Å². The Labute approximate surface area is 97.2 Å². The molecule has 0 fully saturated rings. The molecule has 5 heteroatoms. The molecule has 0 aliphatic carbocycles. The highest BCUT2D eigenvalue weighted by Gasteiger charge is 2.17. The van der Waals surface area contributed by atoms with Gasteiger partial charge in [0, 0.05) is 0 Å². The zero-order chi connectivity index (χ0) is 12.3. The van der Waals surface area contributed by atoms with Crippen LogP contribution in [-0.4, -0.2) is 13.1 Å². The monoisotopic (exact) mass is 231 g/mol. The summed E-state index contributed by atoms with van der Waals surface area (Å²) in [7, 11) is 1.30. The number of furan rings is 2. The van der Waals surface area contributed by atoms with Crippen LogP contribution in [0.2, 0.25) is 0 Å². The summed E-state index contributed by atoms with van der Waals surface area (Å²) in [5.74, 6) is 0.739. The average molecular weight is 231 g/mol. The minimum Gasteiger partial charge on any atom is -0.469 e. The summed E-state index contributed by atoms with van der Waals surface area (Å²) >= 11 is 0. The highest BCUT2D eigenvalue weighted by atomic mass is 16.5. The fourth-order valence-electron chi connectivity index (χ4n) is 1.42. The van der Waals surface area contributed by atoms with E-state index in [9.17, 15) is 4.79 Å². The fraction of sp³-hybridized carbons (Fsp3) is 0.167. The van der Waals surface area contributed by atoms with E-state index < -0.39 is 5.97 Å². The van der Waals surface area contributed by atoms with Gasteiger partial charge in [-0.05, 0) is 18.2 Å². The van der Waals surface area contributed by atoms with Crippen LogP contribution in [0.3, 0.4) is 0 Å². The first-order valence-electron chi connectivity index (χ1n) is 4.88. The predicted molar refractivity (Wildman–Crippen MR) is 56.8 cm³/mol. The van der Waals surface area contributed by atoms with Gasteiger partial charge in [0.15, 0.2) is 11.5 Å². The van der Waals surface area contributed by atoms with Crippen molar-refractivity contribution >= 4 is 5.97 Å². The standard InChI is InChI=1S/C12H9NO4/c1-15-11(14)6-9-5-8(7-13)12(17-9)10-3-2-4-16-10/h2-5H,6H2,1H3. The summed E-state index contributed by atoms with van der Waals surface area (Å²) in [6.45, 7) is 0. The van der Waals surface area contributed by atoms with Gasteiger partial charge in [-0.15, -0.1) is 0 Å². The number of carbonyl (C=O) groups excluding carboxylic acids is 1. The minimum absolute atomic E-state index is 0.00805. The Morgan fingerprint density at radius 2 is 2.41 bits per heavy atom. The van der Waals surface area contributed by atoms with Crippen LogP contribution >= 0.6 is 0 Å². The Kier molecular flexibility index (Phi) is 2.97. The molecule has 0 bridgehead atoms. The number of hydrogen-bond donors (Lipinski definition) is 0. The van der Waals surface area contributed by atoms with Crippen LogP contribution in [0.25, 0.3) is 11.5 Å². The van der Waals surface area contributed by atoms with E-state index in [1.807, 2.05) is 6.07 Å². The van der Waals surface area contributed by atoms with Crippen LogP contribution < -0.4 is 0 Å². The number of esters is 1. The second kappa shape index (κ2) is 4.58. The zero-order valence-corrected chi connectivity index (χ0v) is 9.10. The summed E-state index contributed by atoms with van der Waals surface area (Å²) in [6.07, 6.45) is 1.48. The quantitative estimate of drug-likeness (QED) is 0.756. The highest BCUT2D eigenvalue weighted by molar-refractivity contribution is 5.72. The van der Waals surface area contributed by atoms with Gasteiger partial charge in [-0.3, -0.25) is 4.79 Å². The van der Waals surface area contributed by atoms with Crippen molar-refractivity contribution in [3.8, 4) is 17.6 Å². The summed E-state index contributed by atoms with van der Waals surface area (Å²) in [6, 6.07) is 6.87. The normalized spacial score (nSPS) is 9.88. The van der Waals surface area contributed by atoms with E-state index >= 15 is 0 Å². The summed E-state index contributed by atoms with van der Waals surface area (Å²) in [5, 5.41) is 8.95. The zero-order valence-electron chi connectivity index (χ0n) is 9.10. The van der Waals surface area contributed by atoms with Gasteiger partial charge in [-0.2, -0.15) is 5.26 Å². The molecule has 5 nitrogen and oxygen atoms in total. The first-order chi connectivity index (χ1) is 8.24. The molecule has 0 unspecified atom stereocenters. The maximum absolute atomic E-state index is 11.1. The van der Waals surface area contributed by atoms with E-state index in [-0.39, 0.29) is 6.42 Å². The fourth-order valence-corrected chi connectivity index (χ4v) is 1.42. The number of nitriles is 1. The lowest BCUT2D eigenvalue weighted by Gasteiger charge is -1.94. The molecule has 0 saturated carbocycles.